The van der Waals surface area contributed by atoms with E-state index >= 15 is 0 Å². The number of esters is 1. The van der Waals surface area contributed by atoms with Gasteiger partial charge in [0.25, 0.3) is 0 Å². The Labute approximate surface area is 118 Å². The number of hydrogen-bond acceptors (Lipinski definition) is 5. The first kappa shape index (κ1) is 14.0. The summed E-state index contributed by atoms with van der Waals surface area (Å²) in [6.45, 7) is 3.72. The van der Waals surface area contributed by atoms with Crippen molar-refractivity contribution in [2.75, 3.05) is 19.0 Å². The van der Waals surface area contributed by atoms with E-state index in [2.05, 4.69) is 9.97 Å². The molecule has 0 aliphatic heterocycles. The monoisotopic (exact) mass is 271 g/mol. The molecule has 0 fully saturated rings. The summed E-state index contributed by atoms with van der Waals surface area (Å²) in [5.74, 6) is 1.22. The molecule has 0 aliphatic carbocycles. The Morgan fingerprint density at radius 1 is 1.25 bits per heavy atom. The van der Waals surface area contributed by atoms with Crippen LogP contribution in [0.5, 0.6) is 5.75 Å². The summed E-state index contributed by atoms with van der Waals surface area (Å²) >= 11 is 0. The predicted molar refractivity (Wildman–Crippen MR) is 77.2 cm³/mol. The molecule has 0 bridgehead atoms. The van der Waals surface area contributed by atoms with Crippen molar-refractivity contribution < 1.29 is 9.53 Å². The second-order valence-electron chi connectivity index (χ2n) is 4.75. The van der Waals surface area contributed by atoms with Gasteiger partial charge in [-0.15, -0.1) is 0 Å². The highest BCUT2D eigenvalue weighted by Crippen LogP contribution is 2.19. The number of benzene rings is 1. The molecule has 0 saturated carbocycles. The molecule has 2 aromatic rings. The van der Waals surface area contributed by atoms with Crippen molar-refractivity contribution >= 4 is 11.8 Å². The van der Waals surface area contributed by atoms with E-state index in [0.29, 0.717) is 23.0 Å². The standard InChI is InChI=1S/C15H17N3O2/c1-10-6-5-7-12(8-10)20-15(19)13-9-16-11(2)17-14(13)18(3)4/h5-9H,1-4H3. The number of nitrogens with zero attached hydrogens (tertiary/aromatic N) is 3. The Hall–Kier alpha value is -2.43. The summed E-state index contributed by atoms with van der Waals surface area (Å²) in [6.07, 6.45) is 1.50. The van der Waals surface area contributed by atoms with E-state index in [4.69, 9.17) is 4.74 Å². The molecule has 0 radical (unpaired) electrons. The van der Waals surface area contributed by atoms with Gasteiger partial charge in [-0.3, -0.25) is 0 Å². The lowest BCUT2D eigenvalue weighted by molar-refractivity contribution is 0.0734. The minimum atomic E-state index is -0.459. The first-order valence-corrected chi connectivity index (χ1v) is 6.27. The number of aromatic nitrogens is 2. The third-order valence-electron chi connectivity index (χ3n) is 2.73. The highest BCUT2D eigenvalue weighted by molar-refractivity contribution is 5.95. The first-order chi connectivity index (χ1) is 9.47. The van der Waals surface area contributed by atoms with E-state index in [1.54, 1.807) is 17.9 Å². The number of carbonyl (C=O) groups is 1. The molecule has 1 heterocycles. The van der Waals surface area contributed by atoms with Crippen LogP contribution in [0.15, 0.2) is 30.5 Å². The van der Waals surface area contributed by atoms with Gasteiger partial charge in [-0.25, -0.2) is 14.8 Å². The third-order valence-corrected chi connectivity index (χ3v) is 2.73. The van der Waals surface area contributed by atoms with Gasteiger partial charge in [-0.2, -0.15) is 0 Å². The molecule has 104 valence electrons. The van der Waals surface area contributed by atoms with Gasteiger partial charge in [0.2, 0.25) is 0 Å². The zero-order chi connectivity index (χ0) is 14.7. The van der Waals surface area contributed by atoms with Gasteiger partial charge in [0.1, 0.15) is 23.0 Å². The van der Waals surface area contributed by atoms with Crippen molar-refractivity contribution in [2.24, 2.45) is 0 Å². The quantitative estimate of drug-likeness (QED) is 0.633. The molecular formula is C15H17N3O2. The molecule has 5 heteroatoms. The fourth-order valence-electron chi connectivity index (χ4n) is 1.78. The van der Waals surface area contributed by atoms with Crippen molar-refractivity contribution in [3.05, 3.63) is 47.4 Å². The topological polar surface area (TPSA) is 55.3 Å². The molecule has 0 saturated heterocycles. The van der Waals surface area contributed by atoms with Crippen LogP contribution < -0.4 is 9.64 Å². The van der Waals surface area contributed by atoms with Crippen molar-refractivity contribution in [2.45, 2.75) is 13.8 Å². The average Bonchev–Trinajstić information content (AvgIpc) is 2.38. The third kappa shape index (κ3) is 3.12. The van der Waals surface area contributed by atoms with Gasteiger partial charge < -0.3 is 9.64 Å². The maximum absolute atomic E-state index is 12.2. The number of hydrogen-bond donors (Lipinski definition) is 0. The van der Waals surface area contributed by atoms with E-state index < -0.39 is 5.97 Å². The lowest BCUT2D eigenvalue weighted by Crippen LogP contribution is -2.19. The molecule has 0 N–H and O–H groups in total. The maximum atomic E-state index is 12.2. The molecule has 1 aromatic carbocycles. The summed E-state index contributed by atoms with van der Waals surface area (Å²) in [5.41, 5.74) is 1.38. The molecule has 20 heavy (non-hydrogen) atoms. The SMILES string of the molecule is Cc1cccc(OC(=O)c2cnc(C)nc2N(C)C)c1. The second-order valence-corrected chi connectivity index (χ2v) is 4.75. The Balaban J connectivity index is 2.30. The van der Waals surface area contributed by atoms with E-state index in [-0.39, 0.29) is 0 Å². The van der Waals surface area contributed by atoms with Crippen molar-refractivity contribution in [3.8, 4) is 5.75 Å². The van der Waals surface area contributed by atoms with Gasteiger partial charge in [0.15, 0.2) is 0 Å². The lowest BCUT2D eigenvalue weighted by atomic mass is 10.2. The first-order valence-electron chi connectivity index (χ1n) is 6.27. The molecular weight excluding hydrogens is 254 g/mol. The number of ether oxygens (including phenoxy) is 1. The van der Waals surface area contributed by atoms with Crippen LogP contribution in [0, 0.1) is 13.8 Å². The van der Waals surface area contributed by atoms with Crippen LogP contribution in [-0.2, 0) is 0 Å². The van der Waals surface area contributed by atoms with E-state index in [1.807, 2.05) is 39.2 Å². The number of carbonyl (C=O) groups excluding carboxylic acids is 1. The lowest BCUT2D eigenvalue weighted by Gasteiger charge is -2.15. The van der Waals surface area contributed by atoms with Crippen molar-refractivity contribution in [1.82, 2.24) is 9.97 Å². The second kappa shape index (κ2) is 5.69. The summed E-state index contributed by atoms with van der Waals surface area (Å²) < 4.78 is 5.37. The van der Waals surface area contributed by atoms with Crippen LogP contribution in [0.4, 0.5) is 5.82 Å². The highest BCUT2D eigenvalue weighted by atomic mass is 16.5. The van der Waals surface area contributed by atoms with Gasteiger partial charge in [0, 0.05) is 20.3 Å². The van der Waals surface area contributed by atoms with Crippen LogP contribution in [0.1, 0.15) is 21.7 Å². The number of anilines is 1. The molecule has 0 spiro atoms. The Kier molecular flexibility index (Phi) is 3.98. The van der Waals surface area contributed by atoms with Crippen molar-refractivity contribution in [3.63, 3.8) is 0 Å². The molecule has 2 rings (SSSR count). The molecule has 5 nitrogen and oxygen atoms in total. The van der Waals surface area contributed by atoms with Gasteiger partial charge in [-0.1, -0.05) is 12.1 Å². The van der Waals surface area contributed by atoms with Crippen LogP contribution in [0.3, 0.4) is 0 Å². The molecule has 0 unspecified atom stereocenters. The largest absolute Gasteiger partial charge is 0.423 e. The van der Waals surface area contributed by atoms with Crippen LogP contribution >= 0.6 is 0 Å². The summed E-state index contributed by atoms with van der Waals surface area (Å²) in [4.78, 5) is 22.3. The maximum Gasteiger partial charge on any atom is 0.348 e. The summed E-state index contributed by atoms with van der Waals surface area (Å²) in [6, 6.07) is 7.34. The predicted octanol–water partition coefficient (Wildman–Crippen LogP) is 2.38. The minimum Gasteiger partial charge on any atom is -0.423 e. The fraction of sp³-hybridized carbons (Fsp3) is 0.267. The van der Waals surface area contributed by atoms with E-state index in [0.717, 1.165) is 5.56 Å². The molecule has 1 aromatic heterocycles. The zero-order valence-electron chi connectivity index (χ0n) is 12.0. The van der Waals surface area contributed by atoms with Gasteiger partial charge >= 0.3 is 5.97 Å². The smallest absolute Gasteiger partial charge is 0.348 e. The van der Waals surface area contributed by atoms with Crippen molar-refractivity contribution in [1.29, 1.82) is 0 Å². The minimum absolute atomic E-state index is 0.349. The van der Waals surface area contributed by atoms with E-state index in [9.17, 15) is 4.79 Å². The van der Waals surface area contributed by atoms with Crippen LogP contribution in [-0.4, -0.2) is 30.0 Å². The molecule has 0 amide bonds. The number of rotatable bonds is 3. The average molecular weight is 271 g/mol. The summed E-state index contributed by atoms with van der Waals surface area (Å²) in [5, 5.41) is 0. The van der Waals surface area contributed by atoms with Gasteiger partial charge in [0.05, 0.1) is 0 Å². The normalized spacial score (nSPS) is 10.2. The number of aryl methyl sites for hydroxylation is 2. The van der Waals surface area contributed by atoms with Gasteiger partial charge in [-0.05, 0) is 31.5 Å². The Bertz CT molecular complexity index is 639. The van der Waals surface area contributed by atoms with Crippen LogP contribution in [0.25, 0.3) is 0 Å². The fourth-order valence-corrected chi connectivity index (χ4v) is 1.78. The Morgan fingerprint density at radius 3 is 2.65 bits per heavy atom. The Morgan fingerprint density at radius 2 is 2.00 bits per heavy atom. The molecule has 0 atom stereocenters. The van der Waals surface area contributed by atoms with Crippen LogP contribution in [0.2, 0.25) is 0 Å². The molecule has 0 aliphatic rings. The summed E-state index contributed by atoms with van der Waals surface area (Å²) in [7, 11) is 3.65. The highest BCUT2D eigenvalue weighted by Gasteiger charge is 2.17. The van der Waals surface area contributed by atoms with E-state index in [1.165, 1.54) is 6.20 Å². The zero-order valence-corrected chi connectivity index (χ0v) is 12.0.